The van der Waals surface area contributed by atoms with Gasteiger partial charge in [0.25, 0.3) is 5.91 Å². The molecule has 0 saturated carbocycles. The number of nitrogen functional groups attached to an aromatic ring is 1. The number of carbonyl (C=O) groups is 1. The highest BCUT2D eigenvalue weighted by molar-refractivity contribution is 6.16. The zero-order chi connectivity index (χ0) is 25.9. The van der Waals surface area contributed by atoms with E-state index in [2.05, 4.69) is 10.4 Å². The first-order valence-electron chi connectivity index (χ1n) is 11.3. The van der Waals surface area contributed by atoms with Gasteiger partial charge in [-0.3, -0.25) is 4.79 Å². The van der Waals surface area contributed by atoms with Gasteiger partial charge in [0.1, 0.15) is 16.9 Å². The number of anilines is 2. The molecular weight excluding hydrogens is 472 g/mol. The topological polar surface area (TPSA) is 126 Å². The van der Waals surface area contributed by atoms with Gasteiger partial charge in [0.15, 0.2) is 17.1 Å². The van der Waals surface area contributed by atoms with Crippen molar-refractivity contribution < 1.29 is 19.0 Å². The Morgan fingerprint density at radius 1 is 0.919 bits per heavy atom. The smallest absolute Gasteiger partial charge is 0.261 e. The Balaban J connectivity index is 1.66. The molecule has 0 aliphatic carbocycles. The Bertz CT molecular complexity index is 1620. The van der Waals surface area contributed by atoms with Crippen molar-refractivity contribution in [3.05, 3.63) is 77.9 Å². The molecule has 2 heterocycles. The van der Waals surface area contributed by atoms with E-state index in [4.69, 9.17) is 29.9 Å². The van der Waals surface area contributed by atoms with Gasteiger partial charge in [-0.15, -0.1) is 0 Å². The van der Waals surface area contributed by atoms with Crippen LogP contribution in [0, 0.1) is 0 Å². The molecule has 2 aromatic heterocycles. The zero-order valence-electron chi connectivity index (χ0n) is 20.4. The Morgan fingerprint density at radius 3 is 2.16 bits per heavy atom. The highest BCUT2D eigenvalue weighted by Crippen LogP contribution is 2.38. The van der Waals surface area contributed by atoms with Gasteiger partial charge < -0.3 is 25.3 Å². The first kappa shape index (κ1) is 23.6. The Hall–Kier alpha value is -5.12. The van der Waals surface area contributed by atoms with Crippen LogP contribution in [-0.4, -0.2) is 48.1 Å². The second kappa shape index (κ2) is 9.86. The number of para-hydroxylation sites is 3. The van der Waals surface area contributed by atoms with Crippen LogP contribution < -0.4 is 25.3 Å². The van der Waals surface area contributed by atoms with E-state index in [9.17, 15) is 4.79 Å². The van der Waals surface area contributed by atoms with Crippen LogP contribution in [0.2, 0.25) is 0 Å². The fraction of sp³-hybridized carbons (Fsp3) is 0.111. The summed E-state index contributed by atoms with van der Waals surface area (Å²) in [6, 6.07) is 20.0. The van der Waals surface area contributed by atoms with Crippen molar-refractivity contribution in [2.24, 2.45) is 5.10 Å². The molecule has 0 aliphatic heterocycles. The van der Waals surface area contributed by atoms with Crippen molar-refractivity contribution >= 4 is 45.8 Å². The van der Waals surface area contributed by atoms with E-state index in [1.165, 1.54) is 26.0 Å². The quantitative estimate of drug-likeness (QED) is 0.321. The molecule has 3 aromatic carbocycles. The monoisotopic (exact) mass is 496 g/mol. The summed E-state index contributed by atoms with van der Waals surface area (Å²) >= 11 is 0. The van der Waals surface area contributed by atoms with Crippen molar-refractivity contribution in [2.45, 2.75) is 0 Å². The van der Waals surface area contributed by atoms with Gasteiger partial charge >= 0.3 is 0 Å². The molecule has 0 radical (unpaired) electrons. The molecule has 0 bridgehead atoms. The highest BCUT2D eigenvalue weighted by atomic mass is 16.5. The van der Waals surface area contributed by atoms with Crippen molar-refractivity contribution in [3.8, 4) is 17.2 Å². The molecule has 0 spiro atoms. The normalized spacial score (nSPS) is 11.2. The summed E-state index contributed by atoms with van der Waals surface area (Å²) in [5.74, 6) is 1.09. The third-order valence-electron chi connectivity index (χ3n) is 5.74. The lowest BCUT2D eigenvalue weighted by Crippen LogP contribution is -2.14. The second-order valence-electron chi connectivity index (χ2n) is 7.98. The van der Waals surface area contributed by atoms with E-state index in [-0.39, 0.29) is 11.4 Å². The molecule has 0 fully saturated rings. The second-order valence-corrected chi connectivity index (χ2v) is 7.98. The summed E-state index contributed by atoms with van der Waals surface area (Å²) in [6.45, 7) is 0. The third kappa shape index (κ3) is 4.36. The zero-order valence-corrected chi connectivity index (χ0v) is 20.4. The molecule has 5 aromatic rings. The van der Waals surface area contributed by atoms with Gasteiger partial charge in [-0.05, 0) is 36.4 Å². The number of nitrogens with one attached hydrogen (secondary N) is 1. The molecule has 10 nitrogen and oxygen atoms in total. The van der Waals surface area contributed by atoms with Gasteiger partial charge in [-0.1, -0.05) is 30.3 Å². The lowest BCUT2D eigenvalue weighted by atomic mass is 10.2. The summed E-state index contributed by atoms with van der Waals surface area (Å²) in [5, 5.41) is 7.43. The molecule has 1 amide bonds. The number of carbonyl (C=O) groups excluding carboxylic acids is 1. The summed E-state index contributed by atoms with van der Waals surface area (Å²) in [5.41, 5.74) is 9.92. The SMILES string of the molecule is COc1cc(/C=N/n2c(N)c(C(=O)Nc3ccccc3)c3nc4ccccc4nc32)cc(OC)c1OC. The van der Waals surface area contributed by atoms with Crippen LogP contribution in [0.3, 0.4) is 0 Å². The maximum absolute atomic E-state index is 13.3. The van der Waals surface area contributed by atoms with Gasteiger partial charge in [0.05, 0.1) is 38.6 Å². The summed E-state index contributed by atoms with van der Waals surface area (Å²) < 4.78 is 17.7. The number of methoxy groups -OCH3 is 3. The molecule has 3 N–H and O–H groups in total. The maximum atomic E-state index is 13.3. The maximum Gasteiger partial charge on any atom is 0.261 e. The molecule has 0 aliphatic rings. The average Bonchev–Trinajstić information content (AvgIpc) is 3.20. The lowest BCUT2D eigenvalue weighted by molar-refractivity contribution is 0.102. The van der Waals surface area contributed by atoms with Crippen LogP contribution in [-0.2, 0) is 0 Å². The fourth-order valence-corrected chi connectivity index (χ4v) is 4.00. The van der Waals surface area contributed by atoms with E-state index in [1.54, 1.807) is 30.5 Å². The van der Waals surface area contributed by atoms with Crippen LogP contribution in [0.25, 0.3) is 22.2 Å². The minimum Gasteiger partial charge on any atom is -0.493 e. The van der Waals surface area contributed by atoms with Gasteiger partial charge in [-0.25, -0.2) is 9.97 Å². The van der Waals surface area contributed by atoms with Gasteiger partial charge in [0, 0.05) is 11.3 Å². The number of nitrogens with two attached hydrogens (primary N) is 1. The van der Waals surface area contributed by atoms with E-state index >= 15 is 0 Å². The number of hydrogen-bond donors (Lipinski definition) is 2. The largest absolute Gasteiger partial charge is 0.493 e. The Kier molecular flexibility index (Phi) is 6.29. The number of ether oxygens (including phenoxy) is 3. The van der Waals surface area contributed by atoms with Gasteiger partial charge in [-0.2, -0.15) is 9.78 Å². The van der Waals surface area contributed by atoms with Crippen molar-refractivity contribution in [1.82, 2.24) is 14.6 Å². The highest BCUT2D eigenvalue weighted by Gasteiger charge is 2.24. The number of hydrogen-bond acceptors (Lipinski definition) is 8. The van der Waals surface area contributed by atoms with Crippen molar-refractivity contribution in [3.63, 3.8) is 0 Å². The average molecular weight is 497 g/mol. The first-order valence-corrected chi connectivity index (χ1v) is 11.3. The van der Waals surface area contributed by atoms with E-state index < -0.39 is 5.91 Å². The van der Waals surface area contributed by atoms with Gasteiger partial charge in [0.2, 0.25) is 5.75 Å². The van der Waals surface area contributed by atoms with Crippen LogP contribution >= 0.6 is 0 Å². The number of amides is 1. The number of nitrogens with zero attached hydrogens (tertiary/aromatic N) is 4. The Morgan fingerprint density at radius 2 is 1.54 bits per heavy atom. The van der Waals surface area contributed by atoms with Crippen LogP contribution in [0.5, 0.6) is 17.2 Å². The summed E-state index contributed by atoms with van der Waals surface area (Å²) in [4.78, 5) is 22.8. The van der Waals surface area contributed by atoms with E-state index in [0.717, 1.165) is 0 Å². The number of fused-ring (bicyclic) bond motifs is 2. The fourth-order valence-electron chi connectivity index (χ4n) is 4.00. The standard InChI is InChI=1S/C27H24N6O4/c1-35-20-13-16(14-21(36-2)24(20)37-3)15-29-33-25(28)22(27(34)30-17-9-5-4-6-10-17)23-26(33)32-19-12-8-7-11-18(19)31-23/h4-15H,28H2,1-3H3,(H,30,34)/b29-15+. The van der Waals surface area contributed by atoms with Crippen LogP contribution in [0.4, 0.5) is 11.5 Å². The number of aromatic nitrogens is 3. The molecule has 0 atom stereocenters. The predicted molar refractivity (Wildman–Crippen MR) is 143 cm³/mol. The minimum absolute atomic E-state index is 0.0995. The molecule has 37 heavy (non-hydrogen) atoms. The minimum atomic E-state index is -0.417. The van der Waals surface area contributed by atoms with Crippen molar-refractivity contribution in [2.75, 3.05) is 32.4 Å². The summed E-state index contributed by atoms with van der Waals surface area (Å²) in [6.07, 6.45) is 1.57. The van der Waals surface area contributed by atoms with Crippen molar-refractivity contribution in [1.29, 1.82) is 0 Å². The predicted octanol–water partition coefficient (Wildman–Crippen LogP) is 4.33. The number of rotatable bonds is 7. The molecule has 186 valence electrons. The molecule has 0 saturated heterocycles. The molecule has 0 unspecified atom stereocenters. The summed E-state index contributed by atoms with van der Waals surface area (Å²) in [7, 11) is 4.60. The molecular formula is C27H24N6O4. The molecule has 10 heteroatoms. The Labute approximate surface area is 212 Å². The number of benzene rings is 3. The first-order chi connectivity index (χ1) is 18.0. The van der Waals surface area contributed by atoms with Crippen LogP contribution in [0.1, 0.15) is 15.9 Å². The van der Waals surface area contributed by atoms with Crippen LogP contribution in [0.15, 0.2) is 71.8 Å². The molecule has 5 rings (SSSR count). The van der Waals surface area contributed by atoms with E-state index in [1.807, 2.05) is 42.5 Å². The lowest BCUT2D eigenvalue weighted by Gasteiger charge is -2.12. The third-order valence-corrected chi connectivity index (χ3v) is 5.74. The van der Waals surface area contributed by atoms with E-state index in [0.29, 0.717) is 50.7 Å².